The van der Waals surface area contributed by atoms with Crippen molar-refractivity contribution in [3.63, 3.8) is 0 Å². The van der Waals surface area contributed by atoms with Crippen molar-refractivity contribution in [1.82, 2.24) is 15.0 Å². The molecule has 0 saturated heterocycles. The first kappa shape index (κ1) is 13.3. The van der Waals surface area contributed by atoms with Gasteiger partial charge in [0, 0.05) is 5.38 Å². The lowest BCUT2D eigenvalue weighted by molar-refractivity contribution is 0.100. The van der Waals surface area contributed by atoms with Crippen LogP contribution in [0.2, 0.25) is 0 Å². The molecule has 0 aliphatic carbocycles. The van der Waals surface area contributed by atoms with Gasteiger partial charge in [0.1, 0.15) is 15.6 Å². The van der Waals surface area contributed by atoms with Gasteiger partial charge in [0.05, 0.1) is 26.8 Å². The predicted octanol–water partition coefficient (Wildman–Crippen LogP) is 3.11. The minimum absolute atomic E-state index is 0.462. The predicted molar refractivity (Wildman–Crippen MR) is 82.3 cm³/mol. The van der Waals surface area contributed by atoms with Crippen molar-refractivity contribution in [1.29, 1.82) is 0 Å². The summed E-state index contributed by atoms with van der Waals surface area (Å²) in [5, 5.41) is 3.47. The van der Waals surface area contributed by atoms with Gasteiger partial charge in [-0.3, -0.25) is 4.79 Å². The fourth-order valence-corrected chi connectivity index (χ4v) is 4.25. The van der Waals surface area contributed by atoms with Crippen molar-refractivity contribution >= 4 is 39.9 Å². The van der Waals surface area contributed by atoms with Crippen LogP contribution >= 0.6 is 34.0 Å². The molecule has 0 bridgehead atoms. The molecule has 0 radical (unpaired) electrons. The summed E-state index contributed by atoms with van der Waals surface area (Å²) in [6, 6.07) is 0. The Morgan fingerprint density at radius 1 is 1.25 bits per heavy atom. The molecule has 0 unspecified atom stereocenters. The van der Waals surface area contributed by atoms with E-state index in [1.807, 2.05) is 19.2 Å². The second-order valence-electron chi connectivity index (χ2n) is 4.08. The molecule has 8 heteroatoms. The van der Waals surface area contributed by atoms with Gasteiger partial charge < -0.3 is 5.73 Å². The average molecular weight is 322 g/mol. The monoisotopic (exact) mass is 322 g/mol. The van der Waals surface area contributed by atoms with Crippen molar-refractivity contribution in [3.8, 4) is 21.3 Å². The molecule has 3 rings (SSSR count). The lowest BCUT2D eigenvalue weighted by Crippen LogP contribution is -2.10. The van der Waals surface area contributed by atoms with Crippen LogP contribution in [-0.2, 0) is 0 Å². The van der Waals surface area contributed by atoms with Crippen molar-refractivity contribution in [2.24, 2.45) is 5.73 Å². The molecule has 0 aliphatic heterocycles. The molecule has 3 heterocycles. The lowest BCUT2D eigenvalue weighted by atomic mass is 10.3. The third-order valence-corrected chi connectivity index (χ3v) is 5.43. The summed E-state index contributed by atoms with van der Waals surface area (Å²) in [6.07, 6.45) is 0. The van der Waals surface area contributed by atoms with E-state index in [9.17, 15) is 4.79 Å². The van der Waals surface area contributed by atoms with Crippen LogP contribution in [0.5, 0.6) is 0 Å². The van der Waals surface area contributed by atoms with E-state index in [2.05, 4.69) is 15.0 Å². The maximum absolute atomic E-state index is 11.5. The Balaban J connectivity index is 2.07. The summed E-state index contributed by atoms with van der Waals surface area (Å²) in [6.45, 7) is 3.80. The third-order valence-electron chi connectivity index (χ3n) is 2.64. The number of hydrogen-bond donors (Lipinski definition) is 1. The van der Waals surface area contributed by atoms with E-state index < -0.39 is 5.91 Å². The second kappa shape index (κ2) is 5.04. The van der Waals surface area contributed by atoms with E-state index in [0.29, 0.717) is 15.6 Å². The van der Waals surface area contributed by atoms with E-state index >= 15 is 0 Å². The lowest BCUT2D eigenvalue weighted by Gasteiger charge is -1.94. The van der Waals surface area contributed by atoms with Gasteiger partial charge in [0.2, 0.25) is 0 Å². The van der Waals surface area contributed by atoms with Gasteiger partial charge in [0.15, 0.2) is 0 Å². The number of carbonyl (C=O) groups excluding carboxylic acids is 1. The molecule has 1 amide bonds. The summed E-state index contributed by atoms with van der Waals surface area (Å²) in [7, 11) is 0. The SMILES string of the molecule is Cc1nc(-c2nc(-c3scnc3C)cs2)c(C(N)=O)s1. The molecule has 0 fully saturated rings. The smallest absolute Gasteiger partial charge is 0.261 e. The minimum atomic E-state index is -0.462. The minimum Gasteiger partial charge on any atom is -0.365 e. The molecule has 0 spiro atoms. The van der Waals surface area contributed by atoms with Crippen LogP contribution in [0.4, 0.5) is 0 Å². The van der Waals surface area contributed by atoms with Gasteiger partial charge in [-0.25, -0.2) is 15.0 Å². The van der Waals surface area contributed by atoms with E-state index in [1.54, 1.807) is 16.8 Å². The largest absolute Gasteiger partial charge is 0.365 e. The van der Waals surface area contributed by atoms with Crippen LogP contribution in [0, 0.1) is 13.8 Å². The zero-order valence-corrected chi connectivity index (χ0v) is 13.2. The Kier molecular flexibility index (Phi) is 3.36. The summed E-state index contributed by atoms with van der Waals surface area (Å²) >= 11 is 4.31. The molecular formula is C12H10N4OS3. The summed E-state index contributed by atoms with van der Waals surface area (Å²) < 4.78 is 0. The van der Waals surface area contributed by atoms with Gasteiger partial charge >= 0.3 is 0 Å². The number of carbonyl (C=O) groups is 1. The Morgan fingerprint density at radius 2 is 2.05 bits per heavy atom. The van der Waals surface area contributed by atoms with Gasteiger partial charge in [-0.1, -0.05) is 0 Å². The van der Waals surface area contributed by atoms with Crippen molar-refractivity contribution in [3.05, 3.63) is 26.5 Å². The number of nitrogens with zero attached hydrogens (tertiary/aromatic N) is 3. The van der Waals surface area contributed by atoms with E-state index in [-0.39, 0.29) is 0 Å². The van der Waals surface area contributed by atoms with Crippen LogP contribution < -0.4 is 5.73 Å². The molecular weight excluding hydrogens is 312 g/mol. The third kappa shape index (κ3) is 2.26. The number of hydrogen-bond acceptors (Lipinski definition) is 7. The molecule has 5 nitrogen and oxygen atoms in total. The van der Waals surface area contributed by atoms with Crippen molar-refractivity contribution < 1.29 is 4.79 Å². The maximum Gasteiger partial charge on any atom is 0.261 e. The fourth-order valence-electron chi connectivity index (χ4n) is 1.77. The molecule has 0 saturated carbocycles. The first-order valence-electron chi connectivity index (χ1n) is 5.70. The number of amides is 1. The molecule has 2 N–H and O–H groups in total. The molecule has 3 aromatic heterocycles. The fraction of sp³-hybridized carbons (Fsp3) is 0.167. The molecule has 0 aliphatic rings. The number of primary amides is 1. The second-order valence-corrected chi connectivity index (χ2v) is 7.00. The van der Waals surface area contributed by atoms with Crippen molar-refractivity contribution in [2.75, 3.05) is 0 Å². The highest BCUT2D eigenvalue weighted by molar-refractivity contribution is 7.17. The Labute approximate surface area is 127 Å². The van der Waals surface area contributed by atoms with E-state index in [1.165, 1.54) is 22.7 Å². The normalized spacial score (nSPS) is 10.9. The highest BCUT2D eigenvalue weighted by Gasteiger charge is 2.19. The molecule has 3 aromatic rings. The number of rotatable bonds is 3. The highest BCUT2D eigenvalue weighted by atomic mass is 32.1. The topological polar surface area (TPSA) is 81.8 Å². The van der Waals surface area contributed by atoms with Gasteiger partial charge in [-0.05, 0) is 13.8 Å². The molecule has 20 heavy (non-hydrogen) atoms. The molecule has 0 aromatic carbocycles. The Bertz CT molecular complexity index is 786. The zero-order chi connectivity index (χ0) is 14.3. The van der Waals surface area contributed by atoms with Crippen LogP contribution in [-0.4, -0.2) is 20.9 Å². The number of aryl methyl sites for hydroxylation is 2. The van der Waals surface area contributed by atoms with Crippen molar-refractivity contribution in [2.45, 2.75) is 13.8 Å². The zero-order valence-electron chi connectivity index (χ0n) is 10.7. The van der Waals surface area contributed by atoms with Crippen LogP contribution in [0.15, 0.2) is 10.9 Å². The number of aromatic nitrogens is 3. The number of thiazole rings is 3. The summed E-state index contributed by atoms with van der Waals surface area (Å²) in [5.41, 5.74) is 9.59. The van der Waals surface area contributed by atoms with Gasteiger partial charge in [0.25, 0.3) is 5.91 Å². The Hall–Kier alpha value is -1.64. The summed E-state index contributed by atoms with van der Waals surface area (Å²) in [5.74, 6) is -0.462. The number of nitrogens with two attached hydrogens (primary N) is 1. The average Bonchev–Trinajstić information content (AvgIpc) is 3.06. The van der Waals surface area contributed by atoms with Gasteiger partial charge in [-0.15, -0.1) is 34.0 Å². The van der Waals surface area contributed by atoms with Crippen LogP contribution in [0.1, 0.15) is 20.4 Å². The Morgan fingerprint density at radius 3 is 2.70 bits per heavy atom. The van der Waals surface area contributed by atoms with E-state index in [0.717, 1.165) is 21.3 Å². The quantitative estimate of drug-likeness (QED) is 0.803. The highest BCUT2D eigenvalue weighted by Crippen LogP contribution is 2.34. The van der Waals surface area contributed by atoms with Gasteiger partial charge in [-0.2, -0.15) is 0 Å². The standard InChI is InChI=1S/C12H10N4OS3/c1-5-9(19-4-14-5)7-3-18-12(16-7)8-10(11(13)17)20-6(2)15-8/h3-4H,1-2H3,(H2,13,17). The van der Waals surface area contributed by atoms with E-state index in [4.69, 9.17) is 5.73 Å². The molecule has 102 valence electrons. The van der Waals surface area contributed by atoms with Crippen LogP contribution in [0.3, 0.4) is 0 Å². The first-order valence-corrected chi connectivity index (χ1v) is 8.27. The molecule has 0 atom stereocenters. The maximum atomic E-state index is 11.5. The van der Waals surface area contributed by atoms with Crippen LogP contribution in [0.25, 0.3) is 21.3 Å². The first-order chi connectivity index (χ1) is 9.56. The summed E-state index contributed by atoms with van der Waals surface area (Å²) in [4.78, 5) is 26.1.